The fraction of sp³-hybridized carbons (Fsp3) is 0.429. The van der Waals surface area contributed by atoms with Gasteiger partial charge in [0, 0.05) is 26.0 Å². The predicted molar refractivity (Wildman–Crippen MR) is 43.4 cm³/mol. The van der Waals surface area contributed by atoms with Crippen LogP contribution in [0.1, 0.15) is 0 Å². The Kier molecular flexibility index (Phi) is 4.24. The predicted octanol–water partition coefficient (Wildman–Crippen LogP) is -0.315. The van der Waals surface area contributed by atoms with Crippen LogP contribution in [-0.2, 0) is 4.84 Å². The lowest BCUT2D eigenvalue weighted by Gasteiger charge is -1.97. The lowest BCUT2D eigenvalue weighted by atomic mass is 10.6. The van der Waals surface area contributed by atoms with Crippen molar-refractivity contribution in [1.29, 1.82) is 0 Å². The Morgan fingerprint density at radius 3 is 2.09 bits per heavy atom. The molecule has 11 heavy (non-hydrogen) atoms. The highest BCUT2D eigenvalue weighted by atomic mass is 16.6. The van der Waals surface area contributed by atoms with Crippen molar-refractivity contribution < 1.29 is 4.84 Å². The highest BCUT2D eigenvalue weighted by Crippen LogP contribution is 1.80. The van der Waals surface area contributed by atoms with Crippen LogP contribution in [0, 0.1) is 0 Å². The normalized spacial score (nSPS) is 19.6. The van der Waals surface area contributed by atoms with E-state index in [1.807, 2.05) is 6.08 Å². The van der Waals surface area contributed by atoms with E-state index in [9.17, 15) is 0 Å². The van der Waals surface area contributed by atoms with Crippen molar-refractivity contribution in [2.75, 3.05) is 19.8 Å². The number of nitrogens with one attached hydrogen (secondary N) is 3. The van der Waals surface area contributed by atoms with Gasteiger partial charge in [-0.1, -0.05) is 0 Å². The van der Waals surface area contributed by atoms with Crippen LogP contribution in [0.15, 0.2) is 24.6 Å². The quantitative estimate of drug-likeness (QED) is 0.449. The molecule has 2 heterocycles. The monoisotopic (exact) mass is 155 g/mol. The minimum absolute atomic E-state index is 1.00. The summed E-state index contributed by atoms with van der Waals surface area (Å²) in [4.78, 5) is 4.55. The zero-order valence-electron chi connectivity index (χ0n) is 6.34. The number of hydroxylamine groups is 1. The van der Waals surface area contributed by atoms with Crippen LogP contribution >= 0.6 is 0 Å². The molecular formula is C7H13N3O. The Balaban J connectivity index is 0.000000112. The number of rotatable bonds is 0. The zero-order chi connectivity index (χ0) is 7.78. The van der Waals surface area contributed by atoms with Gasteiger partial charge in [-0.15, -0.1) is 0 Å². The summed E-state index contributed by atoms with van der Waals surface area (Å²) in [5.74, 6) is 0. The molecule has 2 aliphatic rings. The summed E-state index contributed by atoms with van der Waals surface area (Å²) in [5.41, 5.74) is 2.52. The molecule has 62 valence electrons. The molecule has 0 radical (unpaired) electrons. The molecule has 4 heteroatoms. The van der Waals surface area contributed by atoms with Crippen LogP contribution in [0.5, 0.6) is 0 Å². The summed E-state index contributed by atoms with van der Waals surface area (Å²) >= 11 is 0. The van der Waals surface area contributed by atoms with E-state index < -0.39 is 0 Å². The van der Waals surface area contributed by atoms with Crippen molar-refractivity contribution in [3.63, 3.8) is 0 Å². The molecule has 0 aromatic carbocycles. The summed E-state index contributed by atoms with van der Waals surface area (Å²) in [6, 6.07) is 0. The highest BCUT2D eigenvalue weighted by Gasteiger charge is 1.90. The summed E-state index contributed by atoms with van der Waals surface area (Å²) in [7, 11) is 0. The largest absolute Gasteiger partial charge is 0.391 e. The van der Waals surface area contributed by atoms with Crippen LogP contribution in [0.2, 0.25) is 0 Å². The van der Waals surface area contributed by atoms with Gasteiger partial charge < -0.3 is 15.5 Å². The molecule has 1 fully saturated rings. The van der Waals surface area contributed by atoms with E-state index in [1.54, 1.807) is 18.5 Å². The van der Waals surface area contributed by atoms with Crippen LogP contribution < -0.4 is 16.1 Å². The SMILES string of the molecule is C1=CNOC=C1.C1CNCN1. The minimum atomic E-state index is 1.00. The highest BCUT2D eigenvalue weighted by molar-refractivity contribution is 5.00. The van der Waals surface area contributed by atoms with Crippen molar-refractivity contribution in [2.45, 2.75) is 0 Å². The molecule has 0 bridgehead atoms. The fourth-order valence-corrected chi connectivity index (χ4v) is 0.700. The van der Waals surface area contributed by atoms with Gasteiger partial charge in [0.2, 0.25) is 0 Å². The Labute approximate surface area is 66.3 Å². The first-order valence-electron chi connectivity index (χ1n) is 3.64. The number of allylic oxidation sites excluding steroid dienone is 2. The standard InChI is InChI=1S/C4H5NO.C3H8N2/c1-2-4-6-5-3-1;1-2-5-3-4-1/h1-5H;4-5H,1-3H2. The van der Waals surface area contributed by atoms with Gasteiger partial charge in [0.15, 0.2) is 0 Å². The van der Waals surface area contributed by atoms with Crippen LogP contribution in [-0.4, -0.2) is 19.8 Å². The van der Waals surface area contributed by atoms with Gasteiger partial charge in [-0.05, 0) is 12.2 Å². The zero-order valence-corrected chi connectivity index (χ0v) is 6.34. The minimum Gasteiger partial charge on any atom is -0.391 e. The van der Waals surface area contributed by atoms with Crippen molar-refractivity contribution in [1.82, 2.24) is 16.1 Å². The molecule has 0 aromatic rings. The maximum absolute atomic E-state index is 4.55. The van der Waals surface area contributed by atoms with Crippen molar-refractivity contribution >= 4 is 0 Å². The summed E-state index contributed by atoms with van der Waals surface area (Å²) in [6.07, 6.45) is 6.93. The van der Waals surface area contributed by atoms with Crippen LogP contribution in [0.4, 0.5) is 0 Å². The van der Waals surface area contributed by atoms with Gasteiger partial charge in [-0.2, -0.15) is 0 Å². The number of hydrogen-bond donors (Lipinski definition) is 3. The van der Waals surface area contributed by atoms with Crippen LogP contribution in [0.3, 0.4) is 0 Å². The molecule has 0 spiro atoms. The lowest BCUT2D eigenvalue weighted by Crippen LogP contribution is -2.11. The molecule has 1 saturated heterocycles. The molecular weight excluding hydrogens is 142 g/mol. The molecule has 4 nitrogen and oxygen atoms in total. The average molecular weight is 155 g/mol. The molecule has 0 saturated carbocycles. The van der Waals surface area contributed by atoms with Crippen LogP contribution in [0.25, 0.3) is 0 Å². The van der Waals surface area contributed by atoms with Crippen molar-refractivity contribution in [3.05, 3.63) is 24.6 Å². The summed E-state index contributed by atoms with van der Waals surface area (Å²) in [6.45, 7) is 3.28. The van der Waals surface area contributed by atoms with Gasteiger partial charge in [0.1, 0.15) is 6.26 Å². The molecule has 0 aliphatic carbocycles. The van der Waals surface area contributed by atoms with Gasteiger partial charge in [0.25, 0.3) is 0 Å². The second-order valence-electron chi connectivity index (χ2n) is 2.10. The van der Waals surface area contributed by atoms with Gasteiger partial charge in [-0.3, -0.25) is 0 Å². The van der Waals surface area contributed by atoms with Crippen molar-refractivity contribution in [3.8, 4) is 0 Å². The second-order valence-corrected chi connectivity index (χ2v) is 2.10. The Morgan fingerprint density at radius 1 is 1.09 bits per heavy atom. The molecule has 0 unspecified atom stereocenters. The first-order valence-corrected chi connectivity index (χ1v) is 3.64. The van der Waals surface area contributed by atoms with E-state index in [1.165, 1.54) is 0 Å². The van der Waals surface area contributed by atoms with E-state index in [4.69, 9.17) is 0 Å². The molecule has 3 N–H and O–H groups in total. The van der Waals surface area contributed by atoms with E-state index >= 15 is 0 Å². The third-order valence-corrected chi connectivity index (χ3v) is 1.22. The smallest absolute Gasteiger partial charge is 0.119 e. The Bertz CT molecular complexity index is 121. The summed E-state index contributed by atoms with van der Waals surface area (Å²) in [5, 5.41) is 6.22. The van der Waals surface area contributed by atoms with E-state index in [2.05, 4.69) is 21.0 Å². The van der Waals surface area contributed by atoms with Crippen molar-refractivity contribution in [2.24, 2.45) is 0 Å². The van der Waals surface area contributed by atoms with E-state index in [0.717, 1.165) is 19.8 Å². The third kappa shape index (κ3) is 4.41. The van der Waals surface area contributed by atoms with Gasteiger partial charge in [0.05, 0.1) is 0 Å². The maximum atomic E-state index is 4.55. The maximum Gasteiger partial charge on any atom is 0.119 e. The van der Waals surface area contributed by atoms with E-state index in [0.29, 0.717) is 0 Å². The Hall–Kier alpha value is -1.00. The van der Waals surface area contributed by atoms with E-state index in [-0.39, 0.29) is 0 Å². The topological polar surface area (TPSA) is 45.3 Å². The Morgan fingerprint density at radius 2 is 1.91 bits per heavy atom. The number of hydrogen-bond acceptors (Lipinski definition) is 4. The molecule has 0 atom stereocenters. The van der Waals surface area contributed by atoms with Gasteiger partial charge in [-0.25, -0.2) is 5.48 Å². The molecule has 2 aliphatic heterocycles. The molecule has 0 aromatic heterocycles. The molecule has 2 rings (SSSR count). The lowest BCUT2D eigenvalue weighted by molar-refractivity contribution is 0.172. The third-order valence-electron chi connectivity index (χ3n) is 1.22. The fourth-order valence-electron chi connectivity index (χ4n) is 0.700. The summed E-state index contributed by atoms with van der Waals surface area (Å²) < 4.78 is 0. The second kappa shape index (κ2) is 5.76. The first-order chi connectivity index (χ1) is 5.50. The average Bonchev–Trinajstić information content (AvgIpc) is 2.64. The molecule has 0 amide bonds. The van der Waals surface area contributed by atoms with Gasteiger partial charge >= 0.3 is 0 Å². The first kappa shape index (κ1) is 8.10.